The molecule has 0 radical (unpaired) electrons. The predicted octanol–water partition coefficient (Wildman–Crippen LogP) is 7.02. The number of benzene rings is 4. The molecule has 3 nitrogen and oxygen atoms in total. The second kappa shape index (κ2) is 6.73. The maximum absolute atomic E-state index is 9.66. The number of aromatic nitrogens is 1. The monoisotopic (exact) mass is 397 g/mol. The maximum Gasteiger partial charge on any atom is 0.0821 e. The molecule has 31 heavy (non-hydrogen) atoms. The minimum atomic E-state index is -0.373. The van der Waals surface area contributed by atoms with Crippen molar-refractivity contribution in [2.75, 3.05) is 0 Å². The van der Waals surface area contributed by atoms with Crippen LogP contribution in [0.3, 0.4) is 0 Å². The molecule has 2 atom stereocenters. The van der Waals surface area contributed by atoms with E-state index in [9.17, 15) is 10.5 Å². The van der Waals surface area contributed by atoms with Crippen LogP contribution in [-0.2, 0) is 0 Å². The highest BCUT2D eigenvalue weighted by molar-refractivity contribution is 6.28. The summed E-state index contributed by atoms with van der Waals surface area (Å²) in [6.45, 7) is 0. The summed E-state index contributed by atoms with van der Waals surface area (Å²) in [4.78, 5) is 0. The van der Waals surface area contributed by atoms with Gasteiger partial charge in [0.25, 0.3) is 0 Å². The van der Waals surface area contributed by atoms with Crippen LogP contribution < -0.4 is 0 Å². The minimum absolute atomic E-state index is 0.233. The van der Waals surface area contributed by atoms with Gasteiger partial charge in [0.1, 0.15) is 0 Å². The summed E-state index contributed by atoms with van der Waals surface area (Å²) in [5, 5.41) is 26.5. The zero-order chi connectivity index (χ0) is 20.9. The van der Waals surface area contributed by atoms with Gasteiger partial charge in [-0.2, -0.15) is 10.5 Å². The Morgan fingerprint density at radius 1 is 0.710 bits per heavy atom. The van der Waals surface area contributed by atoms with Gasteiger partial charge in [-0.25, -0.2) is 0 Å². The maximum atomic E-state index is 9.66. The highest BCUT2D eigenvalue weighted by Crippen LogP contribution is 2.42. The minimum Gasteiger partial charge on any atom is -0.313 e. The van der Waals surface area contributed by atoms with Crippen molar-refractivity contribution in [3.05, 3.63) is 78.9 Å². The molecule has 4 aromatic carbocycles. The van der Waals surface area contributed by atoms with Crippen molar-refractivity contribution in [2.45, 2.75) is 12.8 Å². The molecule has 1 aliphatic carbocycles. The van der Waals surface area contributed by atoms with Gasteiger partial charge in [-0.15, -0.1) is 0 Å². The lowest BCUT2D eigenvalue weighted by molar-refractivity contribution is 0.516. The van der Waals surface area contributed by atoms with Gasteiger partial charge < -0.3 is 4.57 Å². The molecule has 6 rings (SSSR count). The first-order chi connectivity index (χ1) is 15.3. The van der Waals surface area contributed by atoms with E-state index < -0.39 is 0 Å². The van der Waals surface area contributed by atoms with Crippen LogP contribution in [0.5, 0.6) is 0 Å². The number of hydrogen-bond acceptors (Lipinski definition) is 2. The van der Waals surface area contributed by atoms with E-state index >= 15 is 0 Å². The van der Waals surface area contributed by atoms with Crippen LogP contribution in [0.4, 0.5) is 0 Å². The zero-order valence-corrected chi connectivity index (χ0v) is 16.9. The first-order valence-corrected chi connectivity index (χ1v) is 10.6. The Morgan fingerprint density at radius 2 is 1.29 bits per heavy atom. The summed E-state index contributed by atoms with van der Waals surface area (Å²) in [6, 6.07) is 30.5. The highest BCUT2D eigenvalue weighted by Gasteiger charge is 2.27. The van der Waals surface area contributed by atoms with Gasteiger partial charge in [0.2, 0.25) is 0 Å². The van der Waals surface area contributed by atoms with Crippen LogP contribution in [0.25, 0.3) is 49.0 Å². The molecule has 0 bridgehead atoms. The van der Waals surface area contributed by atoms with E-state index in [0.717, 1.165) is 23.2 Å². The van der Waals surface area contributed by atoms with E-state index in [2.05, 4.69) is 89.5 Å². The van der Waals surface area contributed by atoms with E-state index in [1.807, 2.05) is 6.08 Å². The number of rotatable bonds is 1. The van der Waals surface area contributed by atoms with Crippen LogP contribution in [0, 0.1) is 34.5 Å². The van der Waals surface area contributed by atoms with Crippen LogP contribution in [-0.4, -0.2) is 4.57 Å². The summed E-state index contributed by atoms with van der Waals surface area (Å²) < 4.78 is 2.32. The van der Waals surface area contributed by atoms with E-state index in [0.29, 0.717) is 6.42 Å². The number of hydrogen-bond donors (Lipinski definition) is 0. The Labute approximate surface area is 180 Å². The fraction of sp³-hybridized carbons (Fsp3) is 0.143. The van der Waals surface area contributed by atoms with Crippen molar-refractivity contribution in [3.63, 3.8) is 0 Å². The summed E-state index contributed by atoms with van der Waals surface area (Å²) in [6.07, 6.45) is 3.51. The van der Waals surface area contributed by atoms with Gasteiger partial charge in [-0.1, -0.05) is 60.7 Å². The second-order valence-electron chi connectivity index (χ2n) is 8.28. The molecule has 2 unspecified atom stereocenters. The lowest BCUT2D eigenvalue weighted by Gasteiger charge is -2.23. The summed E-state index contributed by atoms with van der Waals surface area (Å²) >= 11 is 0. The Hall–Kier alpha value is -4.08. The van der Waals surface area contributed by atoms with Crippen molar-refractivity contribution >= 4 is 49.0 Å². The average Bonchev–Trinajstić information content (AvgIpc) is 3.19. The number of allylic oxidation sites excluding steroid dienone is 2. The standard InChI is InChI=1S/C28H19N3/c29-16-20-9-12-22(15-21(20)17-30)31-25-13-10-18-5-1-3-7-23(18)27(25)28-24-8-4-2-6-19(24)11-14-26(28)31/h1-8,10-11,13-15,20-21H,9,12H2. The zero-order valence-electron chi connectivity index (χ0n) is 16.9. The molecular formula is C28H19N3. The molecule has 0 fully saturated rings. The van der Waals surface area contributed by atoms with Gasteiger partial charge in [0, 0.05) is 16.5 Å². The van der Waals surface area contributed by atoms with E-state index in [4.69, 9.17) is 0 Å². The molecule has 1 aliphatic rings. The number of fused-ring (bicyclic) bond motifs is 7. The predicted molar refractivity (Wildman–Crippen MR) is 126 cm³/mol. The van der Waals surface area contributed by atoms with E-state index in [-0.39, 0.29) is 11.8 Å². The van der Waals surface area contributed by atoms with Crippen molar-refractivity contribution < 1.29 is 0 Å². The Kier molecular flexibility index (Phi) is 3.85. The quantitative estimate of drug-likeness (QED) is 0.305. The van der Waals surface area contributed by atoms with Gasteiger partial charge in [0.15, 0.2) is 0 Å². The lowest BCUT2D eigenvalue weighted by Crippen LogP contribution is -2.16. The van der Waals surface area contributed by atoms with Gasteiger partial charge >= 0.3 is 0 Å². The summed E-state index contributed by atoms with van der Waals surface area (Å²) in [5.41, 5.74) is 3.43. The van der Waals surface area contributed by atoms with Crippen LogP contribution in [0.15, 0.2) is 78.9 Å². The number of nitriles is 2. The normalized spacial score (nSPS) is 18.8. The van der Waals surface area contributed by atoms with Crippen LogP contribution in [0.1, 0.15) is 12.8 Å². The Bertz CT molecular complexity index is 1530. The molecule has 1 aromatic heterocycles. The van der Waals surface area contributed by atoms with Crippen LogP contribution >= 0.6 is 0 Å². The molecule has 146 valence electrons. The first kappa shape index (κ1) is 17.8. The molecule has 5 aromatic rings. The summed E-state index contributed by atoms with van der Waals surface area (Å²) in [5.74, 6) is -0.606. The van der Waals surface area contributed by atoms with Gasteiger partial charge in [-0.3, -0.25) is 0 Å². The molecule has 0 saturated carbocycles. The molecule has 0 spiro atoms. The smallest absolute Gasteiger partial charge is 0.0821 e. The highest BCUT2D eigenvalue weighted by atomic mass is 15.0. The fourth-order valence-corrected chi connectivity index (χ4v) is 5.21. The third kappa shape index (κ3) is 2.51. The molecular weight excluding hydrogens is 378 g/mol. The topological polar surface area (TPSA) is 52.5 Å². The third-order valence-electron chi connectivity index (χ3n) is 6.66. The Balaban J connectivity index is 1.80. The van der Waals surface area contributed by atoms with Crippen molar-refractivity contribution in [1.82, 2.24) is 4.57 Å². The average molecular weight is 397 g/mol. The lowest BCUT2D eigenvalue weighted by atomic mass is 9.84. The van der Waals surface area contributed by atoms with Crippen LogP contribution in [0.2, 0.25) is 0 Å². The SMILES string of the molecule is N#CC1C=C(n2c3ccc4ccccc4c3c3c4ccccc4ccc32)CCC1C#N. The summed E-state index contributed by atoms with van der Waals surface area (Å²) in [7, 11) is 0. The second-order valence-corrected chi connectivity index (χ2v) is 8.28. The van der Waals surface area contributed by atoms with Crippen molar-refractivity contribution in [3.8, 4) is 12.1 Å². The molecule has 0 aliphatic heterocycles. The Morgan fingerprint density at radius 3 is 1.84 bits per heavy atom. The third-order valence-corrected chi connectivity index (χ3v) is 6.66. The molecule has 0 saturated heterocycles. The molecule has 1 heterocycles. The fourth-order valence-electron chi connectivity index (χ4n) is 5.21. The van der Waals surface area contributed by atoms with E-state index in [1.54, 1.807) is 0 Å². The largest absolute Gasteiger partial charge is 0.313 e. The molecule has 0 N–H and O–H groups in total. The van der Waals surface area contributed by atoms with Crippen molar-refractivity contribution in [2.24, 2.45) is 11.8 Å². The van der Waals surface area contributed by atoms with E-state index in [1.165, 1.54) is 32.3 Å². The first-order valence-electron chi connectivity index (χ1n) is 10.6. The molecule has 0 amide bonds. The number of nitrogens with zero attached hydrogens (tertiary/aromatic N) is 3. The van der Waals surface area contributed by atoms with Crippen molar-refractivity contribution in [1.29, 1.82) is 10.5 Å². The molecule has 3 heteroatoms. The van der Waals surface area contributed by atoms with Gasteiger partial charge in [-0.05, 0) is 52.6 Å². The van der Waals surface area contributed by atoms with Gasteiger partial charge in [0.05, 0.1) is 35.0 Å².